The van der Waals surface area contributed by atoms with Crippen molar-refractivity contribution in [2.24, 2.45) is 5.92 Å². The van der Waals surface area contributed by atoms with Gasteiger partial charge in [0.25, 0.3) is 0 Å². The van der Waals surface area contributed by atoms with Crippen LogP contribution in [0.3, 0.4) is 0 Å². The maximum Gasteiger partial charge on any atom is 0.164 e. The zero-order valence-corrected chi connectivity index (χ0v) is 32.0. The molecule has 0 N–H and O–H groups in total. The van der Waals surface area contributed by atoms with E-state index in [0.717, 1.165) is 61.2 Å². The lowest BCUT2D eigenvalue weighted by atomic mass is 9.74. The third-order valence-corrected chi connectivity index (χ3v) is 11.8. The van der Waals surface area contributed by atoms with Crippen LogP contribution in [0.4, 0.5) is 0 Å². The van der Waals surface area contributed by atoms with Crippen LogP contribution in [0.2, 0.25) is 0 Å². The molecule has 3 nitrogen and oxygen atoms in total. The van der Waals surface area contributed by atoms with Crippen molar-refractivity contribution in [3.05, 3.63) is 211 Å². The van der Waals surface area contributed by atoms with Crippen molar-refractivity contribution >= 4 is 0 Å². The maximum atomic E-state index is 5.36. The Bertz CT molecular complexity index is 2540. The fourth-order valence-electron chi connectivity index (χ4n) is 8.78. The molecule has 0 amide bonds. The van der Waals surface area contributed by atoms with Crippen LogP contribution in [0.15, 0.2) is 200 Å². The van der Waals surface area contributed by atoms with E-state index in [2.05, 4.69) is 214 Å². The van der Waals surface area contributed by atoms with Crippen molar-refractivity contribution in [3.63, 3.8) is 0 Å². The number of benzene rings is 7. The molecule has 57 heavy (non-hydrogen) atoms. The Balaban J connectivity index is 1.21. The molecule has 7 aromatic carbocycles. The second kappa shape index (κ2) is 14.3. The van der Waals surface area contributed by atoms with Crippen LogP contribution in [0.5, 0.6) is 0 Å². The highest BCUT2D eigenvalue weighted by Gasteiger charge is 2.44. The molecule has 2 aliphatic carbocycles. The molecule has 0 saturated carbocycles. The Labute approximate surface area is 334 Å². The van der Waals surface area contributed by atoms with Crippen LogP contribution in [0.25, 0.3) is 78.7 Å². The summed E-state index contributed by atoms with van der Waals surface area (Å²) in [5.41, 5.74) is 14.5. The normalized spacial score (nSPS) is 16.2. The minimum atomic E-state index is -0.0425. The van der Waals surface area contributed by atoms with Crippen molar-refractivity contribution in [2.75, 3.05) is 0 Å². The van der Waals surface area contributed by atoms with Gasteiger partial charge < -0.3 is 0 Å². The first-order chi connectivity index (χ1) is 28.0. The summed E-state index contributed by atoms with van der Waals surface area (Å²) in [6, 6.07) is 62.4. The van der Waals surface area contributed by atoms with Gasteiger partial charge in [-0.2, -0.15) is 0 Å². The molecule has 3 heteroatoms. The zero-order chi connectivity index (χ0) is 38.3. The third-order valence-electron chi connectivity index (χ3n) is 11.8. The summed E-state index contributed by atoms with van der Waals surface area (Å²) in [6.07, 6.45) is 9.11. The van der Waals surface area contributed by atoms with Crippen LogP contribution >= 0.6 is 0 Å². The molecule has 8 aromatic rings. The number of hydrogen-bond acceptors (Lipinski definition) is 3. The zero-order valence-electron chi connectivity index (χ0n) is 32.0. The second-order valence-electron chi connectivity index (χ2n) is 15.7. The molecule has 0 saturated heterocycles. The molecule has 2 atom stereocenters. The quantitative estimate of drug-likeness (QED) is 0.164. The van der Waals surface area contributed by atoms with Gasteiger partial charge in [0.05, 0.1) is 0 Å². The lowest BCUT2D eigenvalue weighted by molar-refractivity contribution is 0.394. The van der Waals surface area contributed by atoms with E-state index >= 15 is 0 Å². The van der Waals surface area contributed by atoms with Crippen LogP contribution in [0, 0.1) is 5.92 Å². The highest BCUT2D eigenvalue weighted by atomic mass is 15.0. The van der Waals surface area contributed by atoms with Crippen molar-refractivity contribution in [3.8, 4) is 78.7 Å². The SMILES string of the molecule is CC1(C)c2cc(-c3nc(-c4cc(-c5ccccc5)cc(-c5ccccc5)c4)nc(-c4cc(-c5ccccc5)cc(-c5ccccc5)c4)n3)ccc2C2C=CC=CC21. The molecule has 2 aliphatic rings. The first-order valence-electron chi connectivity index (χ1n) is 19.8. The maximum absolute atomic E-state index is 5.36. The summed E-state index contributed by atoms with van der Waals surface area (Å²) in [5, 5.41) is 0. The standard InChI is InChI=1S/C54H41N3/c1-54(2)49-26-16-15-25-47(49)48-28-27-40(35-50(48)54)51-55-52(45-31-41(36-17-7-3-8-18-36)29-42(32-45)37-19-9-4-10-20-37)57-53(56-51)46-33-43(38-21-11-5-12-22-38)30-44(34-46)39-23-13-6-14-24-39/h3-35,47,49H,1-2H3. The van der Waals surface area contributed by atoms with E-state index in [4.69, 9.17) is 15.0 Å². The first-order valence-corrected chi connectivity index (χ1v) is 19.8. The predicted octanol–water partition coefficient (Wildman–Crippen LogP) is 13.7. The molecule has 2 unspecified atom stereocenters. The Morgan fingerprint density at radius 1 is 0.351 bits per heavy atom. The summed E-state index contributed by atoms with van der Waals surface area (Å²) in [5.74, 6) is 2.71. The van der Waals surface area contributed by atoms with Crippen LogP contribution < -0.4 is 0 Å². The van der Waals surface area contributed by atoms with Gasteiger partial charge in [0, 0.05) is 22.6 Å². The second-order valence-corrected chi connectivity index (χ2v) is 15.7. The van der Waals surface area contributed by atoms with E-state index in [1.807, 2.05) is 0 Å². The van der Waals surface area contributed by atoms with Crippen LogP contribution in [-0.4, -0.2) is 15.0 Å². The molecular formula is C54H41N3. The number of allylic oxidation sites excluding steroid dienone is 4. The number of hydrogen-bond donors (Lipinski definition) is 0. The van der Waals surface area contributed by atoms with E-state index in [-0.39, 0.29) is 5.41 Å². The van der Waals surface area contributed by atoms with E-state index in [1.165, 1.54) is 11.1 Å². The van der Waals surface area contributed by atoms with Gasteiger partial charge in [-0.3, -0.25) is 0 Å². The van der Waals surface area contributed by atoms with Crippen molar-refractivity contribution in [1.29, 1.82) is 0 Å². The molecule has 1 aromatic heterocycles. The van der Waals surface area contributed by atoms with Gasteiger partial charge in [-0.25, -0.2) is 15.0 Å². The minimum Gasteiger partial charge on any atom is -0.208 e. The highest BCUT2D eigenvalue weighted by molar-refractivity contribution is 5.83. The number of fused-ring (bicyclic) bond motifs is 3. The largest absolute Gasteiger partial charge is 0.208 e. The summed E-state index contributed by atoms with van der Waals surface area (Å²) in [4.78, 5) is 16.0. The van der Waals surface area contributed by atoms with Gasteiger partial charge in [0.1, 0.15) is 0 Å². The lowest BCUT2D eigenvalue weighted by Gasteiger charge is -2.29. The van der Waals surface area contributed by atoms with Crippen LogP contribution in [0.1, 0.15) is 30.9 Å². The van der Waals surface area contributed by atoms with E-state index < -0.39 is 0 Å². The number of rotatable bonds is 7. The Hall–Kier alpha value is -6.97. The molecule has 0 radical (unpaired) electrons. The Kier molecular flexibility index (Phi) is 8.64. The molecule has 1 heterocycles. The van der Waals surface area contributed by atoms with Gasteiger partial charge in [-0.05, 0) is 109 Å². The molecular weight excluding hydrogens is 691 g/mol. The van der Waals surface area contributed by atoms with E-state index in [9.17, 15) is 0 Å². The Morgan fingerprint density at radius 2 is 0.719 bits per heavy atom. The van der Waals surface area contributed by atoms with Crippen molar-refractivity contribution in [1.82, 2.24) is 15.0 Å². The smallest absolute Gasteiger partial charge is 0.164 e. The summed E-state index contributed by atoms with van der Waals surface area (Å²) in [6.45, 7) is 4.74. The molecule has 10 rings (SSSR count). The topological polar surface area (TPSA) is 38.7 Å². The molecule has 272 valence electrons. The molecule has 0 spiro atoms. The summed E-state index contributed by atoms with van der Waals surface area (Å²) in [7, 11) is 0. The highest BCUT2D eigenvalue weighted by Crippen LogP contribution is 2.53. The van der Waals surface area contributed by atoms with Gasteiger partial charge in [-0.15, -0.1) is 0 Å². The average molecular weight is 732 g/mol. The van der Waals surface area contributed by atoms with E-state index in [1.54, 1.807) is 0 Å². The Morgan fingerprint density at radius 3 is 1.14 bits per heavy atom. The van der Waals surface area contributed by atoms with Gasteiger partial charge in [0.2, 0.25) is 0 Å². The van der Waals surface area contributed by atoms with Gasteiger partial charge in [0.15, 0.2) is 17.5 Å². The fraction of sp³-hybridized carbons (Fsp3) is 0.0926. The number of nitrogens with zero attached hydrogens (tertiary/aromatic N) is 3. The van der Waals surface area contributed by atoms with E-state index in [0.29, 0.717) is 29.3 Å². The minimum absolute atomic E-state index is 0.0425. The number of aromatic nitrogens is 3. The van der Waals surface area contributed by atoms with Gasteiger partial charge >= 0.3 is 0 Å². The average Bonchev–Trinajstić information content (AvgIpc) is 3.52. The van der Waals surface area contributed by atoms with Crippen molar-refractivity contribution in [2.45, 2.75) is 25.2 Å². The lowest BCUT2D eigenvalue weighted by Crippen LogP contribution is -2.24. The third kappa shape index (κ3) is 6.51. The molecule has 0 fully saturated rings. The van der Waals surface area contributed by atoms with Crippen LogP contribution in [-0.2, 0) is 5.41 Å². The fourth-order valence-corrected chi connectivity index (χ4v) is 8.78. The molecule has 0 bridgehead atoms. The first kappa shape index (κ1) is 34.5. The summed E-state index contributed by atoms with van der Waals surface area (Å²) >= 11 is 0. The molecule has 0 aliphatic heterocycles. The predicted molar refractivity (Wildman–Crippen MR) is 235 cm³/mol. The van der Waals surface area contributed by atoms with Crippen molar-refractivity contribution < 1.29 is 0 Å². The monoisotopic (exact) mass is 731 g/mol. The summed E-state index contributed by atoms with van der Waals surface area (Å²) < 4.78 is 0. The van der Waals surface area contributed by atoms with Gasteiger partial charge in [-0.1, -0.05) is 172 Å².